The van der Waals surface area contributed by atoms with Crippen LogP contribution in [0.15, 0.2) is 91.1 Å². The van der Waals surface area contributed by atoms with Crippen molar-refractivity contribution in [2.45, 2.75) is 13.0 Å². The molecule has 0 atom stereocenters. The van der Waals surface area contributed by atoms with Gasteiger partial charge < -0.3 is 9.67 Å². The van der Waals surface area contributed by atoms with Crippen LogP contribution in [0.4, 0.5) is 0 Å². The monoisotopic (exact) mass is 427 g/mol. The number of aromatic nitrogens is 3. The number of imidazole rings is 2. The Balaban J connectivity index is 1.80. The summed E-state index contributed by atoms with van der Waals surface area (Å²) in [5.41, 5.74) is 6.29. The van der Waals surface area contributed by atoms with Crippen LogP contribution in [-0.4, -0.2) is 25.7 Å². The number of aliphatic hydroxyl groups is 1. The lowest BCUT2D eigenvalue weighted by Crippen LogP contribution is -2.03. The molecule has 0 aliphatic carbocycles. The molecule has 4 nitrogen and oxygen atoms in total. The van der Waals surface area contributed by atoms with E-state index in [0.29, 0.717) is 18.0 Å². The molecule has 0 saturated heterocycles. The van der Waals surface area contributed by atoms with Gasteiger partial charge in [0, 0.05) is 35.5 Å². The normalized spacial score (nSPS) is 11.3. The van der Waals surface area contributed by atoms with Crippen molar-refractivity contribution in [1.29, 1.82) is 0 Å². The van der Waals surface area contributed by atoms with E-state index in [1.807, 2.05) is 60.7 Å². The van der Waals surface area contributed by atoms with Gasteiger partial charge in [-0.3, -0.25) is 4.40 Å². The first kappa shape index (κ1) is 19.6. The molecule has 0 aliphatic heterocycles. The van der Waals surface area contributed by atoms with Crippen LogP contribution >= 0.6 is 11.6 Å². The number of halogens is 1. The third-order valence-electron chi connectivity index (χ3n) is 5.45. The zero-order valence-electron chi connectivity index (χ0n) is 16.9. The van der Waals surface area contributed by atoms with Crippen LogP contribution in [0.5, 0.6) is 0 Å². The van der Waals surface area contributed by atoms with Crippen LogP contribution in [-0.2, 0) is 6.54 Å². The van der Waals surface area contributed by atoms with Crippen LogP contribution in [0.2, 0.25) is 5.02 Å². The molecule has 0 saturated carbocycles. The van der Waals surface area contributed by atoms with Gasteiger partial charge in [0.1, 0.15) is 0 Å². The quantitative estimate of drug-likeness (QED) is 0.352. The predicted molar refractivity (Wildman–Crippen MR) is 126 cm³/mol. The maximum absolute atomic E-state index is 9.49. The molecule has 0 unspecified atom stereocenters. The molecule has 0 radical (unpaired) electrons. The lowest BCUT2D eigenvalue weighted by molar-refractivity contribution is 0.280. The molecular weight excluding hydrogens is 406 g/mol. The Morgan fingerprint density at radius 2 is 1.42 bits per heavy atom. The number of rotatable bonds is 6. The second-order valence-electron chi connectivity index (χ2n) is 7.46. The molecule has 154 valence electrons. The molecule has 0 amide bonds. The van der Waals surface area contributed by atoms with Crippen molar-refractivity contribution in [3.63, 3.8) is 0 Å². The van der Waals surface area contributed by atoms with Crippen molar-refractivity contribution in [1.82, 2.24) is 14.0 Å². The molecule has 0 spiro atoms. The van der Waals surface area contributed by atoms with Crippen molar-refractivity contribution in [2.24, 2.45) is 0 Å². The number of fused-ring (bicyclic) bond motifs is 1. The molecule has 5 aromatic rings. The minimum atomic E-state index is 0.127. The summed E-state index contributed by atoms with van der Waals surface area (Å²) >= 11 is 6.12. The first-order chi connectivity index (χ1) is 15.3. The molecule has 0 aliphatic rings. The average molecular weight is 428 g/mol. The maximum atomic E-state index is 9.49. The molecule has 2 heterocycles. The molecule has 5 rings (SSSR count). The highest BCUT2D eigenvalue weighted by Crippen LogP contribution is 2.35. The molecule has 5 heteroatoms. The number of hydrogen-bond donors (Lipinski definition) is 1. The maximum Gasteiger partial charge on any atom is 0.215 e. The highest BCUT2D eigenvalue weighted by Gasteiger charge is 2.21. The summed E-state index contributed by atoms with van der Waals surface area (Å²) in [7, 11) is 0. The van der Waals surface area contributed by atoms with Crippen LogP contribution in [0.3, 0.4) is 0 Å². The summed E-state index contributed by atoms with van der Waals surface area (Å²) < 4.78 is 4.34. The van der Waals surface area contributed by atoms with Crippen molar-refractivity contribution in [3.8, 4) is 33.8 Å². The Labute approximate surface area is 186 Å². The van der Waals surface area contributed by atoms with E-state index in [9.17, 15) is 5.11 Å². The van der Waals surface area contributed by atoms with Crippen molar-refractivity contribution in [3.05, 3.63) is 96.1 Å². The van der Waals surface area contributed by atoms with Gasteiger partial charge in [-0.25, -0.2) is 4.98 Å². The van der Waals surface area contributed by atoms with Gasteiger partial charge >= 0.3 is 0 Å². The number of aryl methyl sites for hydroxylation is 1. The van der Waals surface area contributed by atoms with Crippen molar-refractivity contribution < 1.29 is 5.11 Å². The van der Waals surface area contributed by atoms with Crippen molar-refractivity contribution in [2.75, 3.05) is 6.61 Å². The third kappa shape index (κ3) is 3.65. The summed E-state index contributed by atoms with van der Waals surface area (Å²) in [5.74, 6) is 0.858. The topological polar surface area (TPSA) is 42.5 Å². The van der Waals surface area contributed by atoms with Gasteiger partial charge in [0.2, 0.25) is 5.78 Å². The summed E-state index contributed by atoms with van der Waals surface area (Å²) in [6, 6.07) is 28.5. The number of nitrogens with zero attached hydrogens (tertiary/aromatic N) is 3. The molecule has 31 heavy (non-hydrogen) atoms. The van der Waals surface area contributed by atoms with E-state index in [-0.39, 0.29) is 6.61 Å². The van der Waals surface area contributed by atoms with Gasteiger partial charge in [0.05, 0.1) is 17.1 Å². The van der Waals surface area contributed by atoms with E-state index in [1.165, 1.54) is 0 Å². The Morgan fingerprint density at radius 1 is 0.774 bits per heavy atom. The molecule has 0 bridgehead atoms. The van der Waals surface area contributed by atoms with Crippen LogP contribution < -0.4 is 0 Å². The van der Waals surface area contributed by atoms with E-state index in [1.54, 1.807) is 0 Å². The van der Waals surface area contributed by atoms with Gasteiger partial charge in [-0.2, -0.15) is 0 Å². The standard InChI is InChI=1S/C26H22ClN3O/c27-22-14-12-19(13-15-22)23-18-30-25(21-10-5-2-6-11-21)24(20-8-3-1-4-9-20)28-26(30)29(23)16-7-17-31/h1-6,8-15,18,31H,7,16-17H2. The number of aliphatic hydroxyl groups excluding tert-OH is 1. The Hall–Kier alpha value is -3.34. The van der Waals surface area contributed by atoms with E-state index in [4.69, 9.17) is 16.6 Å². The lowest BCUT2D eigenvalue weighted by atomic mass is 10.0. The van der Waals surface area contributed by atoms with Crippen LogP contribution in [0.1, 0.15) is 6.42 Å². The molecule has 1 N–H and O–H groups in total. The third-order valence-corrected chi connectivity index (χ3v) is 5.70. The van der Waals surface area contributed by atoms with E-state index >= 15 is 0 Å². The zero-order valence-corrected chi connectivity index (χ0v) is 17.7. The summed E-state index contributed by atoms with van der Waals surface area (Å²) in [4.78, 5) is 5.09. The van der Waals surface area contributed by atoms with Crippen LogP contribution in [0.25, 0.3) is 39.5 Å². The Bertz CT molecular complexity index is 1310. The predicted octanol–water partition coefficient (Wildman–Crippen LogP) is 6.17. The summed E-state index contributed by atoms with van der Waals surface area (Å²) in [5, 5.41) is 10.2. The summed E-state index contributed by atoms with van der Waals surface area (Å²) in [6.07, 6.45) is 2.79. The molecular formula is C26H22ClN3O. The highest BCUT2D eigenvalue weighted by molar-refractivity contribution is 6.30. The summed E-state index contributed by atoms with van der Waals surface area (Å²) in [6.45, 7) is 0.798. The first-order valence-electron chi connectivity index (χ1n) is 10.4. The molecule has 2 aromatic heterocycles. The second kappa shape index (κ2) is 8.42. The van der Waals surface area contributed by atoms with E-state index < -0.39 is 0 Å². The minimum absolute atomic E-state index is 0.127. The fourth-order valence-electron chi connectivity index (χ4n) is 4.00. The minimum Gasteiger partial charge on any atom is -0.396 e. The number of hydrogen-bond acceptors (Lipinski definition) is 2. The van der Waals surface area contributed by atoms with Crippen LogP contribution in [0, 0.1) is 0 Å². The first-order valence-corrected chi connectivity index (χ1v) is 10.7. The molecule has 0 fully saturated rings. The molecule has 3 aromatic carbocycles. The van der Waals surface area contributed by atoms with E-state index in [2.05, 4.69) is 39.4 Å². The van der Waals surface area contributed by atoms with Gasteiger partial charge in [-0.15, -0.1) is 0 Å². The lowest BCUT2D eigenvalue weighted by Gasteiger charge is -2.08. The second-order valence-corrected chi connectivity index (χ2v) is 7.90. The van der Waals surface area contributed by atoms with Gasteiger partial charge in [0.25, 0.3) is 0 Å². The van der Waals surface area contributed by atoms with Gasteiger partial charge in [-0.05, 0) is 24.1 Å². The smallest absolute Gasteiger partial charge is 0.215 e. The van der Waals surface area contributed by atoms with Gasteiger partial charge in [-0.1, -0.05) is 84.4 Å². The Morgan fingerprint density at radius 3 is 2.06 bits per heavy atom. The van der Waals surface area contributed by atoms with Crippen molar-refractivity contribution >= 4 is 17.4 Å². The zero-order chi connectivity index (χ0) is 21.2. The van der Waals surface area contributed by atoms with E-state index in [0.717, 1.165) is 39.5 Å². The highest BCUT2D eigenvalue weighted by atomic mass is 35.5. The fraction of sp³-hybridized carbons (Fsp3) is 0.115. The SMILES string of the molecule is OCCCn1c(-c2ccc(Cl)cc2)cn2c(-c3ccccc3)c(-c3ccccc3)nc12. The largest absolute Gasteiger partial charge is 0.396 e. The number of benzene rings is 3. The average Bonchev–Trinajstić information content (AvgIpc) is 3.36. The Kier molecular flexibility index (Phi) is 5.33. The van der Waals surface area contributed by atoms with Gasteiger partial charge in [0.15, 0.2) is 0 Å². The fourth-order valence-corrected chi connectivity index (χ4v) is 4.13.